The van der Waals surface area contributed by atoms with Crippen molar-refractivity contribution in [2.75, 3.05) is 63.3 Å². The van der Waals surface area contributed by atoms with Gasteiger partial charge in [0.1, 0.15) is 16.8 Å². The Morgan fingerprint density at radius 2 is 1.89 bits per heavy atom. The van der Waals surface area contributed by atoms with E-state index in [9.17, 15) is 9.59 Å². The highest BCUT2D eigenvalue weighted by Crippen LogP contribution is 2.38. The van der Waals surface area contributed by atoms with E-state index in [1.165, 1.54) is 5.57 Å². The molecule has 2 aromatic carbocycles. The Labute approximate surface area is 312 Å². The number of aryl methyl sites for hydroxylation is 1. The largest absolute Gasteiger partial charge is 0.487 e. The molecule has 2 fully saturated rings. The number of anilines is 2. The minimum absolute atomic E-state index is 0.0608. The van der Waals surface area contributed by atoms with Gasteiger partial charge in [0.15, 0.2) is 17.4 Å². The van der Waals surface area contributed by atoms with Crippen LogP contribution in [0.2, 0.25) is 0 Å². The molecule has 53 heavy (non-hydrogen) atoms. The van der Waals surface area contributed by atoms with Crippen molar-refractivity contribution in [2.45, 2.75) is 36.5 Å². The molecule has 2 aliphatic heterocycles. The maximum atomic E-state index is 13.9. The number of ether oxygens (including phenoxy) is 1. The summed E-state index contributed by atoms with van der Waals surface area (Å²) in [6, 6.07) is 17.9. The van der Waals surface area contributed by atoms with Crippen LogP contribution < -0.4 is 15.0 Å². The summed E-state index contributed by atoms with van der Waals surface area (Å²) in [7, 11) is 5.76. The lowest BCUT2D eigenvalue weighted by molar-refractivity contribution is -0.132. The fourth-order valence-electron chi connectivity index (χ4n) is 7.07. The predicted molar refractivity (Wildman–Crippen MR) is 209 cm³/mol. The fourth-order valence-corrected chi connectivity index (χ4v) is 7.91. The number of rotatable bonds is 11. The lowest BCUT2D eigenvalue weighted by Gasteiger charge is -2.29. The Balaban J connectivity index is 0.894. The number of likely N-dealkylation sites (tertiary alicyclic amines) is 1. The highest BCUT2D eigenvalue weighted by molar-refractivity contribution is 8.00. The third-order valence-corrected chi connectivity index (χ3v) is 11.6. The van der Waals surface area contributed by atoms with Gasteiger partial charge in [-0.05, 0) is 73.4 Å². The summed E-state index contributed by atoms with van der Waals surface area (Å²) >= 11 is 1.55. The molecule has 5 heterocycles. The summed E-state index contributed by atoms with van der Waals surface area (Å²) in [5.74, 6) is 2.25. The molecular weight excluding hydrogens is 689 g/mol. The van der Waals surface area contributed by atoms with Crippen molar-refractivity contribution in [1.82, 2.24) is 39.7 Å². The zero-order valence-corrected chi connectivity index (χ0v) is 31.3. The van der Waals surface area contributed by atoms with Crippen molar-refractivity contribution >= 4 is 51.6 Å². The van der Waals surface area contributed by atoms with E-state index in [1.807, 2.05) is 79.7 Å². The van der Waals surface area contributed by atoms with Gasteiger partial charge in [-0.1, -0.05) is 30.3 Å². The van der Waals surface area contributed by atoms with E-state index in [0.29, 0.717) is 56.4 Å². The van der Waals surface area contributed by atoms with E-state index >= 15 is 0 Å². The van der Waals surface area contributed by atoms with E-state index in [4.69, 9.17) is 9.72 Å². The highest BCUT2D eigenvalue weighted by Gasteiger charge is 2.45. The van der Waals surface area contributed by atoms with Crippen LogP contribution in [0.5, 0.6) is 5.75 Å². The Kier molecular flexibility index (Phi) is 9.41. The first-order chi connectivity index (χ1) is 25.7. The molecule has 0 spiro atoms. The van der Waals surface area contributed by atoms with Crippen molar-refractivity contribution < 1.29 is 14.3 Å². The number of pyridine rings is 1. The molecule has 2 amide bonds. The number of hydrogen-bond acceptors (Lipinski definition) is 10. The zero-order valence-electron chi connectivity index (χ0n) is 30.5. The zero-order chi connectivity index (χ0) is 36.7. The lowest BCUT2D eigenvalue weighted by Crippen LogP contribution is -2.45. The number of nitrogens with zero attached hydrogens (tertiary/aromatic N) is 8. The molecule has 0 unspecified atom stereocenters. The van der Waals surface area contributed by atoms with Crippen LogP contribution in [0.1, 0.15) is 31.2 Å². The van der Waals surface area contributed by atoms with Gasteiger partial charge < -0.3 is 19.9 Å². The number of fused-ring (bicyclic) bond motifs is 1. The monoisotopic (exact) mass is 732 g/mol. The van der Waals surface area contributed by atoms with Crippen molar-refractivity contribution in [3.05, 3.63) is 72.6 Å². The number of amides is 2. The predicted octanol–water partition coefficient (Wildman–Crippen LogP) is 5.09. The number of H-pyrrole nitrogens is 1. The molecule has 1 atom stereocenters. The van der Waals surface area contributed by atoms with Gasteiger partial charge in [0.2, 0.25) is 11.8 Å². The third kappa shape index (κ3) is 7.25. The Bertz CT molecular complexity index is 2190. The van der Waals surface area contributed by atoms with Crippen molar-refractivity contribution in [3.63, 3.8) is 0 Å². The second-order valence-corrected chi connectivity index (χ2v) is 15.5. The van der Waals surface area contributed by atoms with Crippen LogP contribution >= 0.6 is 11.8 Å². The smallest absolute Gasteiger partial charge is 0.241 e. The molecule has 1 saturated heterocycles. The van der Waals surface area contributed by atoms with E-state index in [2.05, 4.69) is 48.7 Å². The van der Waals surface area contributed by atoms with Crippen LogP contribution in [0.3, 0.4) is 0 Å². The molecule has 3 aliphatic rings. The maximum absolute atomic E-state index is 13.9. The molecule has 274 valence electrons. The molecular formula is C39H44N10O3S. The van der Waals surface area contributed by atoms with Gasteiger partial charge in [-0.25, -0.2) is 9.97 Å². The SMILES string of the molecule is CS[C@@]1(C(=O)Nc2ccc3[nH]nc(-c4ccc(OC5CC5)c(N(C)C)n4)c3c2)CCN(CC(=O)N2CC=C(c3ccc(-c4ncn(C)n4)cc3)CC2)C1. The number of aromatic nitrogens is 6. The van der Waals surface area contributed by atoms with Crippen LogP contribution in [-0.4, -0.2) is 115 Å². The topological polar surface area (TPSA) is 137 Å². The highest BCUT2D eigenvalue weighted by atomic mass is 32.2. The van der Waals surface area contributed by atoms with E-state index in [1.54, 1.807) is 22.8 Å². The molecule has 3 aromatic heterocycles. The Hall–Kier alpha value is -5.21. The average Bonchev–Trinajstić information content (AvgIpc) is 3.50. The number of aromatic amines is 1. The van der Waals surface area contributed by atoms with Crippen LogP contribution in [0.4, 0.5) is 11.5 Å². The van der Waals surface area contributed by atoms with E-state index < -0.39 is 4.75 Å². The number of carbonyl (C=O) groups is 2. The van der Waals surface area contributed by atoms with Crippen LogP contribution in [-0.2, 0) is 16.6 Å². The molecule has 0 radical (unpaired) electrons. The van der Waals surface area contributed by atoms with Gasteiger partial charge in [0.25, 0.3) is 0 Å². The minimum Gasteiger partial charge on any atom is -0.487 e. The molecule has 0 bridgehead atoms. The maximum Gasteiger partial charge on any atom is 0.241 e. The number of benzene rings is 2. The summed E-state index contributed by atoms with van der Waals surface area (Å²) in [5, 5.41) is 16.1. The fraction of sp³-hybridized carbons (Fsp3) is 0.385. The summed E-state index contributed by atoms with van der Waals surface area (Å²) in [4.78, 5) is 42.6. The number of nitrogens with one attached hydrogen (secondary N) is 2. The average molecular weight is 733 g/mol. The number of hydrogen-bond donors (Lipinski definition) is 2. The standard InChI is InChI=1S/C39H44N10O3S/c1-46(2)37-33(52-29-10-11-29)14-13-32(42-37)35-30-21-28(9-12-31(30)43-44-35)41-38(51)39(53-4)17-20-48(23-39)22-34(50)49-18-15-26(16-19-49)25-5-7-27(8-6-25)36-40-24-47(3)45-36/h5-9,12-15,21,24,29H,10-11,16-20,22-23H2,1-4H3,(H,41,51)(H,43,44)/t39-/m0/s1. The second-order valence-electron chi connectivity index (χ2n) is 14.3. The number of thioether (sulfide) groups is 1. The van der Waals surface area contributed by atoms with E-state index in [0.717, 1.165) is 58.6 Å². The molecule has 8 rings (SSSR count). The van der Waals surface area contributed by atoms with Crippen molar-refractivity contribution in [3.8, 4) is 28.5 Å². The molecule has 13 nitrogen and oxygen atoms in total. The first kappa shape index (κ1) is 34.9. The van der Waals surface area contributed by atoms with Crippen molar-refractivity contribution in [2.24, 2.45) is 7.05 Å². The second kappa shape index (κ2) is 14.3. The van der Waals surface area contributed by atoms with Gasteiger partial charge in [-0.2, -0.15) is 10.2 Å². The summed E-state index contributed by atoms with van der Waals surface area (Å²) in [5.41, 5.74) is 6.33. The van der Waals surface area contributed by atoms with Gasteiger partial charge in [-0.3, -0.25) is 24.3 Å². The Morgan fingerprint density at radius 1 is 1.08 bits per heavy atom. The van der Waals surface area contributed by atoms with Crippen LogP contribution in [0.25, 0.3) is 39.3 Å². The van der Waals surface area contributed by atoms with Gasteiger partial charge in [0.05, 0.1) is 23.9 Å². The first-order valence-electron chi connectivity index (χ1n) is 18.0. The van der Waals surface area contributed by atoms with E-state index in [-0.39, 0.29) is 17.9 Å². The van der Waals surface area contributed by atoms with Gasteiger partial charge in [-0.15, -0.1) is 11.8 Å². The first-order valence-corrected chi connectivity index (χ1v) is 19.3. The van der Waals surface area contributed by atoms with Crippen molar-refractivity contribution in [1.29, 1.82) is 0 Å². The van der Waals surface area contributed by atoms with Crippen LogP contribution in [0, 0.1) is 0 Å². The molecule has 2 N–H and O–H groups in total. The summed E-state index contributed by atoms with van der Waals surface area (Å²) in [6.45, 7) is 2.71. The molecule has 1 saturated carbocycles. The molecule has 14 heteroatoms. The Morgan fingerprint density at radius 3 is 2.58 bits per heavy atom. The molecule has 1 aliphatic carbocycles. The molecule has 5 aromatic rings. The minimum atomic E-state index is -0.667. The number of carbonyl (C=O) groups excluding carboxylic acids is 2. The lowest BCUT2D eigenvalue weighted by atomic mass is 9.98. The quantitative estimate of drug-likeness (QED) is 0.189. The third-order valence-electron chi connectivity index (χ3n) is 10.3. The summed E-state index contributed by atoms with van der Waals surface area (Å²) < 4.78 is 7.12. The van der Waals surface area contributed by atoms with Gasteiger partial charge >= 0.3 is 0 Å². The van der Waals surface area contributed by atoms with Gasteiger partial charge in [0, 0.05) is 64.0 Å². The normalized spacial score (nSPS) is 19.0. The van der Waals surface area contributed by atoms with Crippen LogP contribution in [0.15, 0.2) is 67.0 Å². The summed E-state index contributed by atoms with van der Waals surface area (Å²) in [6.07, 6.45) is 9.68.